The Labute approximate surface area is 207 Å². The summed E-state index contributed by atoms with van der Waals surface area (Å²) in [5.74, 6) is 0.650. The lowest BCUT2D eigenvalue weighted by Gasteiger charge is -2.21. The summed E-state index contributed by atoms with van der Waals surface area (Å²) in [6.07, 6.45) is 5.48. The molecule has 0 bridgehead atoms. The lowest BCUT2D eigenvalue weighted by Crippen LogP contribution is -2.27. The number of ether oxygens (including phenoxy) is 1. The van der Waals surface area contributed by atoms with Gasteiger partial charge in [0.05, 0.1) is 23.4 Å². The maximum Gasteiger partial charge on any atom is 0.230 e. The number of nitrogens with two attached hydrogens (primary N) is 1. The van der Waals surface area contributed by atoms with Gasteiger partial charge in [0.15, 0.2) is 0 Å². The molecule has 1 atom stereocenters. The molecule has 3 aliphatic heterocycles. The molecular formula is C25H27ClN4O3S. The van der Waals surface area contributed by atoms with E-state index in [0.29, 0.717) is 37.1 Å². The number of halogens is 1. The van der Waals surface area contributed by atoms with Crippen LogP contribution in [0.25, 0.3) is 21.3 Å². The second-order valence-corrected chi connectivity index (χ2v) is 10.4. The average Bonchev–Trinajstić information content (AvgIpc) is 3.55. The number of aromatic nitrogens is 1. The Balaban J connectivity index is 0.000000351. The minimum absolute atomic E-state index is 0.100. The summed E-state index contributed by atoms with van der Waals surface area (Å²) in [6, 6.07) is 8.26. The SMILES string of the molecule is NC1CCNC1.O=C1CCC(=O)N1Cc1cc2nccc(-c3cc(Cl)cc4c3CCCO4)c2s1. The highest BCUT2D eigenvalue weighted by Gasteiger charge is 2.29. The maximum atomic E-state index is 12.0. The molecular weight excluding hydrogens is 472 g/mol. The molecule has 6 rings (SSSR count). The van der Waals surface area contributed by atoms with Gasteiger partial charge < -0.3 is 15.8 Å². The van der Waals surface area contributed by atoms with Crippen LogP contribution >= 0.6 is 22.9 Å². The lowest BCUT2D eigenvalue weighted by atomic mass is 9.95. The van der Waals surface area contributed by atoms with Gasteiger partial charge in [-0.15, -0.1) is 11.3 Å². The summed E-state index contributed by atoms with van der Waals surface area (Å²) in [5.41, 5.74) is 9.63. The lowest BCUT2D eigenvalue weighted by molar-refractivity contribution is -0.138. The fourth-order valence-corrected chi connectivity index (χ4v) is 5.92. The van der Waals surface area contributed by atoms with E-state index in [9.17, 15) is 9.59 Å². The number of thiophene rings is 1. The first-order valence-electron chi connectivity index (χ1n) is 11.6. The van der Waals surface area contributed by atoms with Crippen molar-refractivity contribution in [1.29, 1.82) is 0 Å². The molecule has 1 aromatic carbocycles. The normalized spacial score (nSPS) is 19.7. The Kier molecular flexibility index (Phi) is 6.83. The largest absolute Gasteiger partial charge is 0.493 e. The molecule has 0 aliphatic carbocycles. The highest BCUT2D eigenvalue weighted by molar-refractivity contribution is 7.19. The smallest absolute Gasteiger partial charge is 0.230 e. The number of benzene rings is 1. The number of carbonyl (C=O) groups is 2. The molecule has 2 aromatic heterocycles. The molecule has 34 heavy (non-hydrogen) atoms. The molecule has 2 saturated heterocycles. The molecule has 5 heterocycles. The zero-order valence-corrected chi connectivity index (χ0v) is 20.4. The Hall–Kier alpha value is -2.52. The van der Waals surface area contributed by atoms with Crippen LogP contribution in [0.5, 0.6) is 5.75 Å². The molecule has 0 saturated carbocycles. The third-order valence-corrected chi connectivity index (χ3v) is 7.68. The van der Waals surface area contributed by atoms with Crippen LogP contribution in [0.15, 0.2) is 30.5 Å². The van der Waals surface area contributed by atoms with Crippen molar-refractivity contribution in [3.63, 3.8) is 0 Å². The van der Waals surface area contributed by atoms with Crippen LogP contribution in [-0.2, 0) is 22.6 Å². The van der Waals surface area contributed by atoms with Gasteiger partial charge in [-0.25, -0.2) is 0 Å². The van der Waals surface area contributed by atoms with Crippen molar-refractivity contribution >= 4 is 45.0 Å². The van der Waals surface area contributed by atoms with Gasteiger partial charge in [-0.3, -0.25) is 19.5 Å². The minimum Gasteiger partial charge on any atom is -0.493 e. The first kappa shape index (κ1) is 23.2. The van der Waals surface area contributed by atoms with E-state index in [0.717, 1.165) is 64.3 Å². The third kappa shape index (κ3) is 4.81. The zero-order valence-electron chi connectivity index (χ0n) is 18.8. The predicted molar refractivity (Wildman–Crippen MR) is 134 cm³/mol. The van der Waals surface area contributed by atoms with Crippen molar-refractivity contribution in [3.05, 3.63) is 45.9 Å². The van der Waals surface area contributed by atoms with Gasteiger partial charge in [-0.05, 0) is 55.6 Å². The molecule has 3 N–H and O–H groups in total. The van der Waals surface area contributed by atoms with Crippen molar-refractivity contribution < 1.29 is 14.3 Å². The highest BCUT2D eigenvalue weighted by Crippen LogP contribution is 2.41. The van der Waals surface area contributed by atoms with Crippen LogP contribution in [0.3, 0.4) is 0 Å². The first-order chi connectivity index (χ1) is 16.5. The molecule has 9 heteroatoms. The zero-order chi connectivity index (χ0) is 23.7. The van der Waals surface area contributed by atoms with Gasteiger partial charge in [-0.1, -0.05) is 11.6 Å². The fourth-order valence-electron chi connectivity index (χ4n) is 4.58. The van der Waals surface area contributed by atoms with Crippen LogP contribution in [0.4, 0.5) is 0 Å². The molecule has 0 radical (unpaired) electrons. The summed E-state index contributed by atoms with van der Waals surface area (Å²) in [6.45, 7) is 3.15. The van der Waals surface area contributed by atoms with Gasteiger partial charge in [0.25, 0.3) is 0 Å². The number of pyridine rings is 1. The standard InChI is InChI=1S/C21H17ClN2O3S.C4H10N2/c22-12-8-16(14-2-1-7-27-18(14)9-12)15-5-6-23-17-10-13(28-21(15)17)11-24-19(25)3-4-20(24)26;5-4-1-2-6-3-4/h5-6,8-10H,1-4,7,11H2;4,6H,1-3,5H2. The number of hydrogen-bond donors (Lipinski definition) is 2. The summed E-state index contributed by atoms with van der Waals surface area (Å²) in [7, 11) is 0. The van der Waals surface area contributed by atoms with E-state index in [1.165, 1.54) is 10.5 Å². The first-order valence-corrected chi connectivity index (χ1v) is 12.8. The fraction of sp³-hybridized carbons (Fsp3) is 0.400. The van der Waals surface area contributed by atoms with E-state index in [2.05, 4.69) is 10.3 Å². The van der Waals surface area contributed by atoms with Gasteiger partial charge >= 0.3 is 0 Å². The van der Waals surface area contributed by atoms with Crippen LogP contribution in [0, 0.1) is 0 Å². The van der Waals surface area contributed by atoms with Crippen LogP contribution in [-0.4, -0.2) is 47.4 Å². The van der Waals surface area contributed by atoms with Crippen LogP contribution in [0.1, 0.15) is 36.1 Å². The molecule has 1 unspecified atom stereocenters. The van der Waals surface area contributed by atoms with E-state index < -0.39 is 0 Å². The second kappa shape index (κ2) is 10.00. The van der Waals surface area contributed by atoms with E-state index in [-0.39, 0.29) is 11.8 Å². The number of amides is 2. The van der Waals surface area contributed by atoms with Crippen molar-refractivity contribution in [3.8, 4) is 16.9 Å². The van der Waals surface area contributed by atoms with Crippen LogP contribution < -0.4 is 15.8 Å². The highest BCUT2D eigenvalue weighted by atomic mass is 35.5. The number of hydrogen-bond acceptors (Lipinski definition) is 7. The Bertz CT molecular complexity index is 1220. The number of nitrogens with one attached hydrogen (secondary N) is 1. The molecule has 3 aliphatic rings. The van der Waals surface area contributed by atoms with E-state index in [1.54, 1.807) is 17.5 Å². The molecule has 178 valence electrons. The number of rotatable bonds is 3. The monoisotopic (exact) mass is 498 g/mol. The summed E-state index contributed by atoms with van der Waals surface area (Å²) in [4.78, 5) is 30.7. The molecule has 0 spiro atoms. The Morgan fingerprint density at radius 3 is 2.71 bits per heavy atom. The van der Waals surface area contributed by atoms with E-state index in [1.807, 2.05) is 24.3 Å². The van der Waals surface area contributed by atoms with Gasteiger partial charge in [0.1, 0.15) is 5.75 Å². The van der Waals surface area contributed by atoms with E-state index in [4.69, 9.17) is 22.1 Å². The molecule has 2 fully saturated rings. The number of carbonyl (C=O) groups excluding carboxylic acids is 2. The summed E-state index contributed by atoms with van der Waals surface area (Å²) in [5, 5.41) is 3.79. The van der Waals surface area contributed by atoms with Crippen molar-refractivity contribution in [2.45, 2.75) is 44.7 Å². The number of nitrogens with zero attached hydrogens (tertiary/aromatic N) is 2. The van der Waals surface area contributed by atoms with Crippen LogP contribution in [0.2, 0.25) is 5.02 Å². The average molecular weight is 499 g/mol. The predicted octanol–water partition coefficient (Wildman–Crippen LogP) is 3.90. The quantitative estimate of drug-likeness (QED) is 0.531. The third-order valence-electron chi connectivity index (χ3n) is 6.32. The molecule has 3 aromatic rings. The second-order valence-electron chi connectivity index (χ2n) is 8.79. The Morgan fingerprint density at radius 1 is 1.18 bits per heavy atom. The molecule has 7 nitrogen and oxygen atoms in total. The summed E-state index contributed by atoms with van der Waals surface area (Å²) < 4.78 is 6.85. The number of imide groups is 1. The maximum absolute atomic E-state index is 12.0. The molecule has 2 amide bonds. The van der Waals surface area contributed by atoms with E-state index >= 15 is 0 Å². The summed E-state index contributed by atoms with van der Waals surface area (Å²) >= 11 is 7.93. The van der Waals surface area contributed by atoms with Gasteiger partial charge in [-0.2, -0.15) is 0 Å². The van der Waals surface area contributed by atoms with Gasteiger partial charge in [0, 0.05) is 52.7 Å². The minimum atomic E-state index is -0.100. The Morgan fingerprint density at radius 2 is 2.00 bits per heavy atom. The number of fused-ring (bicyclic) bond motifs is 2. The van der Waals surface area contributed by atoms with Crippen molar-refractivity contribution in [1.82, 2.24) is 15.2 Å². The van der Waals surface area contributed by atoms with Crippen molar-refractivity contribution in [2.24, 2.45) is 5.73 Å². The topological polar surface area (TPSA) is 97.5 Å². The van der Waals surface area contributed by atoms with Gasteiger partial charge in [0.2, 0.25) is 11.8 Å². The van der Waals surface area contributed by atoms with Crippen molar-refractivity contribution in [2.75, 3.05) is 19.7 Å². The number of likely N-dealkylation sites (tertiary alicyclic amines) is 1.